The second-order valence-corrected chi connectivity index (χ2v) is 3.84. The van der Waals surface area contributed by atoms with Gasteiger partial charge in [0.2, 0.25) is 5.91 Å². The Balaban J connectivity index is 2.21. The third-order valence-electron chi connectivity index (χ3n) is 2.43. The lowest BCUT2D eigenvalue weighted by Gasteiger charge is -2.09. The van der Waals surface area contributed by atoms with Crippen LogP contribution >= 0.6 is 0 Å². The number of rotatable bonds is 3. The van der Waals surface area contributed by atoms with E-state index >= 15 is 0 Å². The zero-order valence-corrected chi connectivity index (χ0v) is 10.6. The molecule has 3 N–H and O–H groups in total. The van der Waals surface area contributed by atoms with E-state index in [4.69, 9.17) is 4.74 Å². The molecule has 0 aliphatic heterocycles. The summed E-state index contributed by atoms with van der Waals surface area (Å²) in [6.45, 7) is 1.41. The molecule has 7 heteroatoms. The summed E-state index contributed by atoms with van der Waals surface area (Å²) in [6, 6.07) is 7.02. The lowest BCUT2D eigenvalue weighted by Crippen LogP contribution is -2.33. The van der Waals surface area contributed by atoms with Crippen LogP contribution in [0.1, 0.15) is 6.92 Å². The minimum Gasteiger partial charge on any atom is -0.410 e. The van der Waals surface area contributed by atoms with Crippen LogP contribution < -0.4 is 21.0 Å². The molecule has 0 atom stereocenters. The maximum atomic E-state index is 11.1. The average molecular weight is 262 g/mol. The Morgan fingerprint density at radius 3 is 2.74 bits per heavy atom. The summed E-state index contributed by atoms with van der Waals surface area (Å²) >= 11 is 0. The van der Waals surface area contributed by atoms with Crippen molar-refractivity contribution in [1.82, 2.24) is 15.4 Å². The first-order valence-corrected chi connectivity index (χ1v) is 5.63. The van der Waals surface area contributed by atoms with Gasteiger partial charge < -0.3 is 10.1 Å². The maximum absolute atomic E-state index is 11.1. The first-order valence-electron chi connectivity index (χ1n) is 5.63. The molecular weight excluding hydrogens is 248 g/mol. The number of nitrogens with one attached hydrogen (secondary N) is 3. The lowest BCUT2D eigenvalue weighted by molar-refractivity contribution is -0.118. The van der Waals surface area contributed by atoms with E-state index < -0.39 is 6.09 Å². The van der Waals surface area contributed by atoms with Crippen LogP contribution in [-0.4, -0.2) is 23.7 Å². The fourth-order valence-corrected chi connectivity index (χ4v) is 1.58. The summed E-state index contributed by atoms with van der Waals surface area (Å²) in [4.78, 5) is 21.9. The molecule has 0 spiro atoms. The quantitative estimate of drug-likeness (QED) is 0.719. The molecule has 0 unspecified atom stereocenters. The van der Waals surface area contributed by atoms with Crippen molar-refractivity contribution in [3.8, 4) is 5.75 Å². The van der Waals surface area contributed by atoms with Gasteiger partial charge in [0, 0.05) is 25.6 Å². The number of hydrazine groups is 1. The molecule has 0 aliphatic carbocycles. The Kier molecular flexibility index (Phi) is 3.56. The zero-order valence-electron chi connectivity index (χ0n) is 10.6. The van der Waals surface area contributed by atoms with Gasteiger partial charge in [0.15, 0.2) is 0 Å². The van der Waals surface area contributed by atoms with E-state index in [0.717, 1.165) is 10.9 Å². The largest absolute Gasteiger partial charge is 0.412 e. The van der Waals surface area contributed by atoms with E-state index in [1.54, 1.807) is 29.1 Å². The maximum Gasteiger partial charge on any atom is 0.412 e. The minimum absolute atomic E-state index is 0.193. The minimum atomic E-state index is -0.518. The summed E-state index contributed by atoms with van der Waals surface area (Å²) in [5, 5.41) is 3.25. The number of carbonyl (C=O) groups is 2. The van der Waals surface area contributed by atoms with Gasteiger partial charge in [-0.2, -0.15) is 0 Å². The number of hydrogen-bond donors (Lipinski definition) is 3. The Bertz CT molecular complexity index is 620. The Morgan fingerprint density at radius 1 is 1.26 bits per heavy atom. The van der Waals surface area contributed by atoms with Crippen molar-refractivity contribution in [2.75, 3.05) is 12.6 Å². The molecule has 2 aromatic rings. The zero-order chi connectivity index (χ0) is 13.8. The van der Waals surface area contributed by atoms with Gasteiger partial charge in [0.1, 0.15) is 5.75 Å². The number of ether oxygens (including phenoxy) is 1. The number of amides is 2. The van der Waals surface area contributed by atoms with Crippen molar-refractivity contribution in [2.24, 2.45) is 0 Å². The highest BCUT2D eigenvalue weighted by Crippen LogP contribution is 2.21. The second kappa shape index (κ2) is 5.30. The standard InChI is InChI=1S/C12H14N4O3/c1-8(17)14-15-16-6-5-9-7-10(3-4-11(9)16)19-12(18)13-2/h3-7,15H,1-2H3,(H,13,18)(H,14,17). The van der Waals surface area contributed by atoms with Gasteiger partial charge in [-0.1, -0.05) is 0 Å². The molecule has 0 fully saturated rings. The molecule has 1 heterocycles. The topological polar surface area (TPSA) is 84.4 Å². The van der Waals surface area contributed by atoms with Crippen LogP contribution in [0.25, 0.3) is 10.9 Å². The third-order valence-corrected chi connectivity index (χ3v) is 2.43. The summed E-state index contributed by atoms with van der Waals surface area (Å²) < 4.78 is 6.68. The van der Waals surface area contributed by atoms with Crippen LogP contribution in [0.15, 0.2) is 30.5 Å². The molecule has 19 heavy (non-hydrogen) atoms. The van der Waals surface area contributed by atoms with Gasteiger partial charge in [-0.15, -0.1) is 0 Å². The highest BCUT2D eigenvalue weighted by molar-refractivity contribution is 5.83. The number of fused-ring (bicyclic) bond motifs is 1. The first kappa shape index (κ1) is 12.7. The number of carbonyl (C=O) groups excluding carboxylic acids is 2. The molecule has 7 nitrogen and oxygen atoms in total. The van der Waals surface area contributed by atoms with E-state index in [1.807, 2.05) is 6.07 Å². The smallest absolute Gasteiger partial charge is 0.410 e. The van der Waals surface area contributed by atoms with Gasteiger partial charge in [-0.25, -0.2) is 15.0 Å². The fraction of sp³-hybridized carbons (Fsp3) is 0.167. The average Bonchev–Trinajstić information content (AvgIpc) is 2.78. The SMILES string of the molecule is CNC(=O)Oc1ccc2c(ccn2NNC(C)=O)c1. The van der Waals surface area contributed by atoms with Gasteiger partial charge >= 0.3 is 6.09 Å². The molecule has 100 valence electrons. The number of benzene rings is 1. The van der Waals surface area contributed by atoms with Crippen LogP contribution in [0.3, 0.4) is 0 Å². The summed E-state index contributed by atoms with van der Waals surface area (Å²) in [5.74, 6) is 0.255. The van der Waals surface area contributed by atoms with Crippen molar-refractivity contribution in [3.63, 3.8) is 0 Å². The lowest BCUT2D eigenvalue weighted by atomic mass is 10.2. The second-order valence-electron chi connectivity index (χ2n) is 3.84. The van der Waals surface area contributed by atoms with Gasteiger partial charge in [0.25, 0.3) is 0 Å². The van der Waals surface area contributed by atoms with Crippen molar-refractivity contribution in [1.29, 1.82) is 0 Å². The van der Waals surface area contributed by atoms with Gasteiger partial charge in [-0.3, -0.25) is 10.2 Å². The van der Waals surface area contributed by atoms with E-state index in [9.17, 15) is 9.59 Å². The molecule has 0 radical (unpaired) electrons. The summed E-state index contributed by atoms with van der Waals surface area (Å²) in [5.41, 5.74) is 6.06. The molecule has 2 amide bonds. The van der Waals surface area contributed by atoms with Gasteiger partial charge in [-0.05, 0) is 24.3 Å². The third kappa shape index (κ3) is 2.95. The summed E-state index contributed by atoms with van der Waals surface area (Å²) in [7, 11) is 1.49. The molecule has 2 rings (SSSR count). The van der Waals surface area contributed by atoms with E-state index in [2.05, 4.69) is 16.3 Å². The van der Waals surface area contributed by atoms with Crippen molar-refractivity contribution < 1.29 is 14.3 Å². The van der Waals surface area contributed by atoms with E-state index in [1.165, 1.54) is 14.0 Å². The summed E-state index contributed by atoms with van der Waals surface area (Å²) in [6.07, 6.45) is 1.24. The molecule has 0 saturated carbocycles. The molecule has 1 aromatic heterocycles. The van der Waals surface area contributed by atoms with Crippen LogP contribution in [0.4, 0.5) is 4.79 Å². The highest BCUT2D eigenvalue weighted by atomic mass is 16.5. The number of aromatic nitrogens is 1. The Morgan fingerprint density at radius 2 is 2.05 bits per heavy atom. The predicted octanol–water partition coefficient (Wildman–Crippen LogP) is 0.954. The van der Waals surface area contributed by atoms with Crippen LogP contribution in [0.2, 0.25) is 0 Å². The highest BCUT2D eigenvalue weighted by Gasteiger charge is 2.05. The Labute approximate surface area is 109 Å². The molecule has 0 aliphatic rings. The Hall–Kier alpha value is -2.70. The van der Waals surface area contributed by atoms with Crippen LogP contribution in [0, 0.1) is 0 Å². The van der Waals surface area contributed by atoms with Crippen LogP contribution in [-0.2, 0) is 4.79 Å². The molecule has 0 saturated heterocycles. The number of hydrogen-bond acceptors (Lipinski definition) is 4. The van der Waals surface area contributed by atoms with Crippen molar-refractivity contribution in [2.45, 2.75) is 6.92 Å². The molecule has 1 aromatic carbocycles. The molecular formula is C12H14N4O3. The van der Waals surface area contributed by atoms with E-state index in [0.29, 0.717) is 5.75 Å². The van der Waals surface area contributed by atoms with Crippen molar-refractivity contribution >= 4 is 22.9 Å². The molecule has 0 bridgehead atoms. The first-order chi connectivity index (χ1) is 9.10. The number of nitrogens with zero attached hydrogens (tertiary/aromatic N) is 1. The predicted molar refractivity (Wildman–Crippen MR) is 70.2 cm³/mol. The monoisotopic (exact) mass is 262 g/mol. The van der Waals surface area contributed by atoms with Gasteiger partial charge in [0.05, 0.1) is 5.52 Å². The van der Waals surface area contributed by atoms with Crippen molar-refractivity contribution in [3.05, 3.63) is 30.5 Å². The normalized spacial score (nSPS) is 10.0. The van der Waals surface area contributed by atoms with E-state index in [-0.39, 0.29) is 5.91 Å². The fourth-order valence-electron chi connectivity index (χ4n) is 1.58. The van der Waals surface area contributed by atoms with Crippen LogP contribution in [0.5, 0.6) is 5.75 Å².